The number of nitrogen functional groups attached to an aromatic ring is 1. The first-order valence-electron chi connectivity index (χ1n) is 8.86. The molecular formula is C20H21FN4O3S. The van der Waals surface area contributed by atoms with Crippen LogP contribution in [0.5, 0.6) is 11.5 Å². The minimum atomic E-state index is -0.617. The lowest BCUT2D eigenvalue weighted by Gasteiger charge is -2.07. The highest BCUT2D eigenvalue weighted by molar-refractivity contribution is 7.18. The van der Waals surface area contributed by atoms with Gasteiger partial charge in [-0.2, -0.15) is 0 Å². The zero-order valence-electron chi connectivity index (χ0n) is 15.8. The van der Waals surface area contributed by atoms with E-state index in [-0.39, 0.29) is 22.0 Å². The molecule has 2 aromatic carbocycles. The summed E-state index contributed by atoms with van der Waals surface area (Å²) in [6.07, 6.45) is 0.785. The van der Waals surface area contributed by atoms with Crippen LogP contribution in [-0.2, 0) is 0 Å². The summed E-state index contributed by atoms with van der Waals surface area (Å²) in [6.45, 7) is 1.14. The van der Waals surface area contributed by atoms with Gasteiger partial charge in [-0.25, -0.2) is 9.37 Å². The molecule has 0 fully saturated rings. The van der Waals surface area contributed by atoms with Crippen molar-refractivity contribution in [1.29, 1.82) is 0 Å². The number of nitrogens with two attached hydrogens (primary N) is 2. The number of thiazole rings is 1. The lowest BCUT2D eigenvalue weighted by atomic mass is 10.1. The van der Waals surface area contributed by atoms with Crippen LogP contribution in [0.25, 0.3) is 0 Å². The smallest absolute Gasteiger partial charge is 0.206 e. The van der Waals surface area contributed by atoms with Crippen LogP contribution in [-0.4, -0.2) is 31.0 Å². The van der Waals surface area contributed by atoms with E-state index in [2.05, 4.69) is 10.3 Å². The molecular weight excluding hydrogens is 395 g/mol. The van der Waals surface area contributed by atoms with Crippen molar-refractivity contribution in [2.45, 2.75) is 6.42 Å². The molecule has 0 amide bonds. The van der Waals surface area contributed by atoms with Gasteiger partial charge >= 0.3 is 0 Å². The topological polar surface area (TPSA) is 112 Å². The number of ketones is 1. The molecule has 3 rings (SSSR count). The van der Waals surface area contributed by atoms with Gasteiger partial charge in [0.1, 0.15) is 16.4 Å². The number of ether oxygens (including phenoxy) is 2. The number of carbonyl (C=O) groups is 1. The van der Waals surface area contributed by atoms with Crippen LogP contribution in [0, 0.1) is 5.82 Å². The minimum absolute atomic E-state index is 0.0663. The Morgan fingerprint density at radius 1 is 1.24 bits per heavy atom. The van der Waals surface area contributed by atoms with Crippen molar-refractivity contribution in [3.8, 4) is 11.5 Å². The molecule has 0 bridgehead atoms. The number of carbonyl (C=O) groups excluding carboxylic acids is 1. The van der Waals surface area contributed by atoms with Crippen molar-refractivity contribution < 1.29 is 18.7 Å². The molecule has 0 aliphatic heterocycles. The Morgan fingerprint density at radius 2 is 2.00 bits per heavy atom. The predicted octanol–water partition coefficient (Wildman–Crippen LogP) is 3.58. The zero-order chi connectivity index (χ0) is 20.8. The molecule has 7 nitrogen and oxygen atoms in total. The summed E-state index contributed by atoms with van der Waals surface area (Å²) < 4.78 is 24.3. The van der Waals surface area contributed by atoms with E-state index >= 15 is 0 Å². The van der Waals surface area contributed by atoms with Crippen molar-refractivity contribution in [1.82, 2.24) is 4.98 Å². The molecule has 1 aromatic heterocycles. The van der Waals surface area contributed by atoms with Crippen LogP contribution >= 0.6 is 11.3 Å². The molecule has 3 aromatic rings. The van der Waals surface area contributed by atoms with E-state index < -0.39 is 11.6 Å². The van der Waals surface area contributed by atoms with Crippen LogP contribution in [0.2, 0.25) is 0 Å². The van der Waals surface area contributed by atoms with Crippen LogP contribution in [0.4, 0.5) is 21.0 Å². The summed E-state index contributed by atoms with van der Waals surface area (Å²) >= 11 is 1.10. The van der Waals surface area contributed by atoms with Crippen molar-refractivity contribution in [2.24, 2.45) is 5.73 Å². The third kappa shape index (κ3) is 5.01. The second kappa shape index (κ2) is 9.35. The number of rotatable bonds is 9. The van der Waals surface area contributed by atoms with Gasteiger partial charge in [0, 0.05) is 11.3 Å². The Morgan fingerprint density at radius 3 is 2.66 bits per heavy atom. The van der Waals surface area contributed by atoms with E-state index in [1.165, 1.54) is 19.2 Å². The molecule has 1 heterocycles. The van der Waals surface area contributed by atoms with E-state index in [0.29, 0.717) is 18.3 Å². The van der Waals surface area contributed by atoms with Gasteiger partial charge in [-0.3, -0.25) is 4.79 Å². The molecule has 0 aliphatic rings. The van der Waals surface area contributed by atoms with E-state index in [1.807, 2.05) is 24.3 Å². The lowest BCUT2D eigenvalue weighted by molar-refractivity contribution is 0.104. The molecule has 0 unspecified atom stereocenters. The summed E-state index contributed by atoms with van der Waals surface area (Å²) in [5.41, 5.74) is 12.3. The van der Waals surface area contributed by atoms with Crippen LogP contribution in [0.15, 0.2) is 42.5 Å². The van der Waals surface area contributed by atoms with Gasteiger partial charge in [-0.1, -0.05) is 11.3 Å². The Balaban J connectivity index is 1.71. The van der Waals surface area contributed by atoms with Gasteiger partial charge in [0.2, 0.25) is 5.78 Å². The van der Waals surface area contributed by atoms with Gasteiger partial charge in [0.15, 0.2) is 16.7 Å². The standard InChI is InChI=1S/C20H21FN4O3S/c1-27-16-8-3-12(11-15(16)21)17(26)18-19(23)25-20(29-18)24-13-4-6-14(7-5-13)28-10-2-9-22/h3-8,11H,2,9-10,22-23H2,1H3,(H,24,25). The molecule has 5 N–H and O–H groups in total. The second-order valence-electron chi connectivity index (χ2n) is 6.05. The van der Waals surface area contributed by atoms with Crippen molar-refractivity contribution in [3.05, 3.63) is 58.7 Å². The van der Waals surface area contributed by atoms with Crippen LogP contribution in [0.1, 0.15) is 21.7 Å². The van der Waals surface area contributed by atoms with Gasteiger partial charge in [0.25, 0.3) is 0 Å². The van der Waals surface area contributed by atoms with Gasteiger partial charge in [0.05, 0.1) is 13.7 Å². The first kappa shape index (κ1) is 20.6. The number of nitrogens with zero attached hydrogens (tertiary/aromatic N) is 1. The largest absolute Gasteiger partial charge is 0.494 e. The Hall–Kier alpha value is -3.17. The molecule has 0 aliphatic carbocycles. The zero-order valence-corrected chi connectivity index (χ0v) is 16.6. The second-order valence-corrected chi connectivity index (χ2v) is 7.05. The van der Waals surface area contributed by atoms with E-state index in [9.17, 15) is 9.18 Å². The maximum atomic E-state index is 13.9. The highest BCUT2D eigenvalue weighted by Gasteiger charge is 2.19. The maximum Gasteiger partial charge on any atom is 0.206 e. The monoisotopic (exact) mass is 416 g/mol. The Labute approximate surface area is 171 Å². The highest BCUT2D eigenvalue weighted by Crippen LogP contribution is 2.31. The van der Waals surface area contributed by atoms with Crippen molar-refractivity contribution in [3.63, 3.8) is 0 Å². The van der Waals surface area contributed by atoms with Crippen LogP contribution < -0.4 is 26.3 Å². The molecule has 0 radical (unpaired) electrons. The normalized spacial score (nSPS) is 10.6. The molecule has 0 saturated heterocycles. The van der Waals surface area contributed by atoms with E-state index in [4.69, 9.17) is 20.9 Å². The van der Waals surface area contributed by atoms with Crippen molar-refractivity contribution >= 4 is 33.8 Å². The molecule has 0 spiro atoms. The third-order valence-electron chi connectivity index (χ3n) is 4.00. The van der Waals surface area contributed by atoms with E-state index in [0.717, 1.165) is 35.3 Å². The molecule has 152 valence electrons. The minimum Gasteiger partial charge on any atom is -0.494 e. The number of aromatic nitrogens is 1. The molecule has 9 heteroatoms. The first-order chi connectivity index (χ1) is 14.0. The van der Waals surface area contributed by atoms with Crippen LogP contribution in [0.3, 0.4) is 0 Å². The highest BCUT2D eigenvalue weighted by atomic mass is 32.1. The Bertz CT molecular complexity index is 992. The number of anilines is 3. The number of hydrogen-bond donors (Lipinski definition) is 3. The molecule has 0 atom stereocenters. The lowest BCUT2D eigenvalue weighted by Crippen LogP contribution is -2.05. The van der Waals surface area contributed by atoms with E-state index in [1.54, 1.807) is 0 Å². The fourth-order valence-corrected chi connectivity index (χ4v) is 3.39. The molecule has 0 saturated carbocycles. The number of hydrogen-bond acceptors (Lipinski definition) is 8. The summed E-state index contributed by atoms with van der Waals surface area (Å²) in [7, 11) is 1.36. The fraction of sp³-hybridized carbons (Fsp3) is 0.200. The number of halogens is 1. The Kier molecular flexibility index (Phi) is 6.63. The quantitative estimate of drug-likeness (QED) is 0.361. The van der Waals surface area contributed by atoms with Gasteiger partial charge < -0.3 is 26.3 Å². The third-order valence-corrected chi connectivity index (χ3v) is 4.98. The average molecular weight is 416 g/mol. The number of nitrogens with one attached hydrogen (secondary N) is 1. The maximum absolute atomic E-state index is 13.9. The van der Waals surface area contributed by atoms with Gasteiger partial charge in [-0.05, 0) is 55.4 Å². The summed E-state index contributed by atoms with van der Waals surface area (Å²) in [5.74, 6) is -0.135. The SMILES string of the molecule is COc1ccc(C(=O)c2sc(Nc3ccc(OCCCN)cc3)nc2N)cc1F. The number of benzene rings is 2. The molecule has 29 heavy (non-hydrogen) atoms. The van der Waals surface area contributed by atoms with Gasteiger partial charge in [-0.15, -0.1) is 0 Å². The predicted molar refractivity (Wildman–Crippen MR) is 112 cm³/mol. The fourth-order valence-electron chi connectivity index (χ4n) is 2.52. The number of methoxy groups -OCH3 is 1. The summed E-state index contributed by atoms with van der Waals surface area (Å²) in [4.78, 5) is 17.1. The van der Waals surface area contributed by atoms with Crippen molar-refractivity contribution in [2.75, 3.05) is 31.3 Å². The summed E-state index contributed by atoms with van der Waals surface area (Å²) in [5, 5.41) is 3.56. The first-order valence-corrected chi connectivity index (χ1v) is 9.68. The summed E-state index contributed by atoms with van der Waals surface area (Å²) in [6, 6.07) is 11.3. The average Bonchev–Trinajstić information content (AvgIpc) is 3.09.